The lowest BCUT2D eigenvalue weighted by molar-refractivity contribution is -0.130. The van der Waals surface area contributed by atoms with E-state index in [0.717, 1.165) is 16.7 Å². The molecule has 31 heavy (non-hydrogen) atoms. The molecule has 2 aromatic rings. The lowest BCUT2D eigenvalue weighted by atomic mass is 9.94. The number of carbonyl (C=O) groups is 2. The molecule has 1 aliphatic rings. The maximum absolute atomic E-state index is 13.7. The SMILES string of the molecule is CC(=O)N(C)C[C@H]1OCc2ccccc2-c2ccccc2C(=O)N([C@@H](C)CO)C[C@H]1C. The van der Waals surface area contributed by atoms with Crippen molar-refractivity contribution in [3.8, 4) is 11.1 Å². The summed E-state index contributed by atoms with van der Waals surface area (Å²) in [6, 6.07) is 15.2. The number of hydrogen-bond donors (Lipinski definition) is 1. The molecule has 0 radical (unpaired) electrons. The van der Waals surface area contributed by atoms with E-state index in [-0.39, 0.29) is 36.5 Å². The third-order valence-corrected chi connectivity index (χ3v) is 6.09. The van der Waals surface area contributed by atoms with Crippen LogP contribution in [0.25, 0.3) is 11.1 Å². The molecule has 6 heteroatoms. The van der Waals surface area contributed by atoms with Crippen molar-refractivity contribution >= 4 is 11.8 Å². The summed E-state index contributed by atoms with van der Waals surface area (Å²) in [5.41, 5.74) is 3.42. The highest BCUT2D eigenvalue weighted by molar-refractivity contribution is 6.01. The van der Waals surface area contributed by atoms with Crippen LogP contribution in [0.5, 0.6) is 0 Å². The Kier molecular flexibility index (Phi) is 7.46. The molecule has 1 heterocycles. The van der Waals surface area contributed by atoms with Gasteiger partial charge in [-0.25, -0.2) is 0 Å². The Hall–Kier alpha value is -2.70. The standard InChI is InChI=1S/C25H32N2O4/c1-17-13-27(18(2)15-28)25(30)23-12-8-7-11-22(23)21-10-6-5-9-20(21)16-31-24(17)14-26(4)19(3)29/h5-12,17-18,24,28H,13-16H2,1-4H3/t17-,18+,24-/m1/s1. The van der Waals surface area contributed by atoms with Gasteiger partial charge < -0.3 is 19.6 Å². The molecule has 0 fully saturated rings. The van der Waals surface area contributed by atoms with Gasteiger partial charge in [0.25, 0.3) is 5.91 Å². The van der Waals surface area contributed by atoms with Gasteiger partial charge >= 0.3 is 0 Å². The van der Waals surface area contributed by atoms with Crippen LogP contribution in [0.1, 0.15) is 36.7 Å². The highest BCUT2D eigenvalue weighted by Crippen LogP contribution is 2.31. The normalized spacial score (nSPS) is 20.3. The third kappa shape index (κ3) is 5.14. The largest absolute Gasteiger partial charge is 0.394 e. The smallest absolute Gasteiger partial charge is 0.254 e. The number of aliphatic hydroxyl groups excluding tert-OH is 1. The van der Waals surface area contributed by atoms with Gasteiger partial charge in [0, 0.05) is 38.5 Å². The second kappa shape index (κ2) is 10.1. The Morgan fingerprint density at radius 2 is 1.77 bits per heavy atom. The predicted octanol–water partition coefficient (Wildman–Crippen LogP) is 3.19. The summed E-state index contributed by atoms with van der Waals surface area (Å²) in [4.78, 5) is 28.9. The molecule has 6 nitrogen and oxygen atoms in total. The van der Waals surface area contributed by atoms with Crippen molar-refractivity contribution in [3.05, 3.63) is 59.7 Å². The van der Waals surface area contributed by atoms with Crippen molar-refractivity contribution in [1.82, 2.24) is 9.80 Å². The maximum atomic E-state index is 13.7. The van der Waals surface area contributed by atoms with E-state index in [1.807, 2.05) is 62.4 Å². The van der Waals surface area contributed by atoms with Crippen LogP contribution in [0.15, 0.2) is 48.5 Å². The van der Waals surface area contributed by atoms with Crippen molar-refractivity contribution < 1.29 is 19.4 Å². The van der Waals surface area contributed by atoms with E-state index in [0.29, 0.717) is 25.3 Å². The topological polar surface area (TPSA) is 70.1 Å². The van der Waals surface area contributed by atoms with Gasteiger partial charge in [-0.15, -0.1) is 0 Å². The van der Waals surface area contributed by atoms with Crippen molar-refractivity contribution in [2.24, 2.45) is 5.92 Å². The van der Waals surface area contributed by atoms with Gasteiger partial charge in [-0.2, -0.15) is 0 Å². The minimum Gasteiger partial charge on any atom is -0.394 e. The van der Waals surface area contributed by atoms with Gasteiger partial charge in [0.15, 0.2) is 0 Å². The average molecular weight is 425 g/mol. The van der Waals surface area contributed by atoms with Gasteiger partial charge in [0.1, 0.15) is 0 Å². The monoisotopic (exact) mass is 424 g/mol. The van der Waals surface area contributed by atoms with E-state index in [4.69, 9.17) is 4.74 Å². The molecule has 3 atom stereocenters. The molecule has 3 rings (SSSR count). The minimum atomic E-state index is -0.342. The molecule has 2 amide bonds. The quantitative estimate of drug-likeness (QED) is 0.818. The van der Waals surface area contributed by atoms with E-state index in [1.54, 1.807) is 16.8 Å². The number of fused-ring (bicyclic) bond motifs is 3. The van der Waals surface area contributed by atoms with Gasteiger partial charge in [-0.1, -0.05) is 49.4 Å². The Morgan fingerprint density at radius 3 is 2.42 bits per heavy atom. The van der Waals surface area contributed by atoms with E-state index in [1.165, 1.54) is 6.92 Å². The van der Waals surface area contributed by atoms with E-state index in [9.17, 15) is 14.7 Å². The molecule has 0 saturated heterocycles. The molecule has 0 unspecified atom stereocenters. The molecule has 0 aliphatic carbocycles. The van der Waals surface area contributed by atoms with Crippen LogP contribution in [-0.4, -0.2) is 65.6 Å². The number of carbonyl (C=O) groups excluding carboxylic acids is 2. The molecule has 0 bridgehead atoms. The highest BCUT2D eigenvalue weighted by atomic mass is 16.5. The van der Waals surface area contributed by atoms with Crippen LogP contribution in [0, 0.1) is 5.92 Å². The molecule has 0 aromatic heterocycles. The number of hydrogen-bond acceptors (Lipinski definition) is 4. The minimum absolute atomic E-state index is 0.0328. The van der Waals surface area contributed by atoms with Gasteiger partial charge in [-0.3, -0.25) is 9.59 Å². The average Bonchev–Trinajstić information content (AvgIpc) is 2.79. The lowest BCUT2D eigenvalue weighted by Gasteiger charge is -2.35. The molecule has 2 aromatic carbocycles. The van der Waals surface area contributed by atoms with Gasteiger partial charge in [0.05, 0.1) is 25.4 Å². The Morgan fingerprint density at radius 1 is 1.16 bits per heavy atom. The summed E-state index contributed by atoms with van der Waals surface area (Å²) >= 11 is 0. The van der Waals surface area contributed by atoms with Crippen molar-refractivity contribution in [2.75, 3.05) is 26.7 Å². The number of aliphatic hydroxyl groups is 1. The second-order valence-electron chi connectivity index (χ2n) is 8.42. The number of rotatable bonds is 4. The summed E-state index contributed by atoms with van der Waals surface area (Å²) in [7, 11) is 1.76. The Balaban J connectivity index is 2.10. The summed E-state index contributed by atoms with van der Waals surface area (Å²) in [6.45, 7) is 6.51. The molecule has 0 saturated carbocycles. The molecule has 1 aliphatic heterocycles. The number of likely N-dealkylation sites (N-methyl/N-ethyl adjacent to an activating group) is 1. The Labute approximate surface area is 184 Å². The van der Waals surface area contributed by atoms with Gasteiger partial charge in [-0.05, 0) is 29.7 Å². The zero-order valence-electron chi connectivity index (χ0n) is 18.7. The first-order chi connectivity index (χ1) is 14.8. The third-order valence-electron chi connectivity index (χ3n) is 6.09. The van der Waals surface area contributed by atoms with Crippen LogP contribution in [0.3, 0.4) is 0 Å². The highest BCUT2D eigenvalue weighted by Gasteiger charge is 2.30. The summed E-state index contributed by atoms with van der Waals surface area (Å²) in [5, 5.41) is 9.85. The fraction of sp³-hybridized carbons (Fsp3) is 0.440. The first-order valence-corrected chi connectivity index (χ1v) is 10.8. The number of amides is 2. The van der Waals surface area contributed by atoms with E-state index < -0.39 is 0 Å². The summed E-state index contributed by atoms with van der Waals surface area (Å²) in [6.07, 6.45) is -0.260. The lowest BCUT2D eigenvalue weighted by Crippen LogP contribution is -2.47. The van der Waals surface area contributed by atoms with Crippen LogP contribution in [0.2, 0.25) is 0 Å². The van der Waals surface area contributed by atoms with E-state index >= 15 is 0 Å². The maximum Gasteiger partial charge on any atom is 0.254 e. The van der Waals surface area contributed by atoms with E-state index in [2.05, 4.69) is 0 Å². The zero-order chi connectivity index (χ0) is 22.5. The summed E-state index contributed by atoms with van der Waals surface area (Å²) in [5.74, 6) is -0.189. The first-order valence-electron chi connectivity index (χ1n) is 10.8. The summed E-state index contributed by atoms with van der Waals surface area (Å²) < 4.78 is 6.35. The fourth-order valence-electron chi connectivity index (χ4n) is 3.95. The molecule has 166 valence electrons. The van der Waals surface area contributed by atoms with Crippen LogP contribution >= 0.6 is 0 Å². The Bertz CT molecular complexity index is 929. The molecule has 0 spiro atoms. The van der Waals surface area contributed by atoms with Crippen molar-refractivity contribution in [1.29, 1.82) is 0 Å². The predicted molar refractivity (Wildman–Crippen MR) is 121 cm³/mol. The number of benzene rings is 2. The number of ether oxygens (including phenoxy) is 1. The molecular weight excluding hydrogens is 392 g/mol. The molecular formula is C25H32N2O4. The van der Waals surface area contributed by atoms with Crippen molar-refractivity contribution in [3.63, 3.8) is 0 Å². The fourth-order valence-corrected chi connectivity index (χ4v) is 3.95. The molecule has 1 N–H and O–H groups in total. The van der Waals surface area contributed by atoms with Crippen LogP contribution < -0.4 is 0 Å². The van der Waals surface area contributed by atoms with Crippen LogP contribution in [-0.2, 0) is 16.1 Å². The van der Waals surface area contributed by atoms with Gasteiger partial charge in [0.2, 0.25) is 5.91 Å². The van der Waals surface area contributed by atoms with Crippen molar-refractivity contribution in [2.45, 2.75) is 39.5 Å². The zero-order valence-corrected chi connectivity index (χ0v) is 18.7. The number of nitrogens with zero attached hydrogens (tertiary/aromatic N) is 2. The first kappa shape index (κ1) is 23.0. The second-order valence-corrected chi connectivity index (χ2v) is 8.42. The van der Waals surface area contributed by atoms with Crippen LogP contribution in [0.4, 0.5) is 0 Å².